The van der Waals surface area contributed by atoms with Crippen LogP contribution in [0.3, 0.4) is 0 Å². The second-order valence-corrected chi connectivity index (χ2v) is 7.63. The van der Waals surface area contributed by atoms with Crippen molar-refractivity contribution < 1.29 is 8.42 Å². The molecule has 0 heterocycles. The van der Waals surface area contributed by atoms with E-state index in [0.29, 0.717) is 9.92 Å². The van der Waals surface area contributed by atoms with E-state index >= 15 is 0 Å². The number of hydrogen-bond acceptors (Lipinski definition) is 2. The maximum absolute atomic E-state index is 12.6. The Kier molecular flexibility index (Phi) is 4.54. The van der Waals surface area contributed by atoms with E-state index in [0.717, 1.165) is 31.2 Å². The van der Waals surface area contributed by atoms with E-state index in [1.807, 2.05) is 6.92 Å². The van der Waals surface area contributed by atoms with Gasteiger partial charge in [0, 0.05) is 18.1 Å². The molecule has 3 nitrogen and oxygen atoms in total. The van der Waals surface area contributed by atoms with E-state index in [2.05, 4.69) is 0 Å². The Morgan fingerprint density at radius 2 is 1.84 bits per heavy atom. The van der Waals surface area contributed by atoms with Gasteiger partial charge in [-0.3, -0.25) is 0 Å². The van der Waals surface area contributed by atoms with Crippen molar-refractivity contribution in [3.05, 3.63) is 28.8 Å². The van der Waals surface area contributed by atoms with Crippen molar-refractivity contribution in [2.75, 3.05) is 7.05 Å². The van der Waals surface area contributed by atoms with Crippen molar-refractivity contribution in [3.63, 3.8) is 0 Å². The fourth-order valence-corrected chi connectivity index (χ4v) is 4.20. The topological polar surface area (TPSA) is 37.4 Å². The van der Waals surface area contributed by atoms with Crippen molar-refractivity contribution in [2.45, 2.75) is 50.0 Å². The molecule has 0 bridgehead atoms. The molecule has 19 heavy (non-hydrogen) atoms. The average molecular weight is 302 g/mol. The molecule has 1 aromatic carbocycles. The third-order valence-electron chi connectivity index (χ3n) is 3.90. The Balaban J connectivity index is 2.27. The van der Waals surface area contributed by atoms with Gasteiger partial charge in [-0.25, -0.2) is 8.42 Å². The summed E-state index contributed by atoms with van der Waals surface area (Å²) in [6.45, 7) is 1.82. The summed E-state index contributed by atoms with van der Waals surface area (Å²) in [5.41, 5.74) is 0.791. The second-order valence-electron chi connectivity index (χ2n) is 5.22. The smallest absolute Gasteiger partial charge is 0.207 e. The first-order valence-corrected chi connectivity index (χ1v) is 8.49. The first kappa shape index (κ1) is 14.8. The number of rotatable bonds is 3. The highest BCUT2D eigenvalue weighted by atomic mass is 35.5. The minimum absolute atomic E-state index is 0.134. The predicted molar refractivity (Wildman–Crippen MR) is 78.0 cm³/mol. The van der Waals surface area contributed by atoms with Crippen LogP contribution in [0.1, 0.15) is 37.7 Å². The number of benzene rings is 1. The van der Waals surface area contributed by atoms with Crippen LogP contribution in [-0.4, -0.2) is 25.8 Å². The zero-order chi connectivity index (χ0) is 14.0. The van der Waals surface area contributed by atoms with Gasteiger partial charge >= 0.3 is 0 Å². The number of aryl methyl sites for hydroxylation is 1. The Hall–Kier alpha value is -0.580. The number of hydrogen-bond donors (Lipinski definition) is 0. The van der Waals surface area contributed by atoms with Gasteiger partial charge in [-0.1, -0.05) is 30.9 Å². The summed E-state index contributed by atoms with van der Waals surface area (Å²) in [5, 5.41) is 0.597. The minimum Gasteiger partial charge on any atom is -0.207 e. The Morgan fingerprint density at radius 1 is 1.21 bits per heavy atom. The summed E-state index contributed by atoms with van der Waals surface area (Å²) in [4.78, 5) is 0.336. The van der Waals surface area contributed by atoms with Gasteiger partial charge < -0.3 is 0 Å². The van der Waals surface area contributed by atoms with Crippen molar-refractivity contribution in [3.8, 4) is 0 Å². The molecule has 1 fully saturated rings. The highest BCUT2D eigenvalue weighted by molar-refractivity contribution is 7.89. The van der Waals surface area contributed by atoms with E-state index in [9.17, 15) is 8.42 Å². The molecule has 106 valence electrons. The van der Waals surface area contributed by atoms with E-state index < -0.39 is 10.0 Å². The Bertz CT molecular complexity index is 551. The monoisotopic (exact) mass is 301 g/mol. The molecule has 1 aliphatic rings. The van der Waals surface area contributed by atoms with Crippen LogP contribution in [0.25, 0.3) is 0 Å². The molecule has 0 saturated heterocycles. The summed E-state index contributed by atoms with van der Waals surface area (Å²) in [6, 6.07) is 5.02. The normalized spacial score (nSPS) is 17.9. The van der Waals surface area contributed by atoms with Crippen LogP contribution < -0.4 is 0 Å². The fourth-order valence-electron chi connectivity index (χ4n) is 2.58. The van der Waals surface area contributed by atoms with Crippen molar-refractivity contribution in [1.29, 1.82) is 0 Å². The molecule has 0 atom stereocenters. The Morgan fingerprint density at radius 3 is 2.42 bits per heavy atom. The summed E-state index contributed by atoms with van der Waals surface area (Å²) in [5.74, 6) is 0. The highest BCUT2D eigenvalue weighted by Crippen LogP contribution is 2.27. The molecule has 1 aliphatic carbocycles. The summed E-state index contributed by atoms with van der Waals surface area (Å²) in [6.07, 6.45) is 5.36. The zero-order valence-corrected chi connectivity index (χ0v) is 13.0. The molecule has 1 aromatic rings. The second kappa shape index (κ2) is 5.81. The SMILES string of the molecule is Cc1cc(S(=O)(=O)N(C)C2CCCCC2)ccc1Cl. The van der Waals surface area contributed by atoms with Crippen LogP contribution in [0.5, 0.6) is 0 Å². The number of halogens is 1. The molecular formula is C14H20ClNO2S. The maximum atomic E-state index is 12.6. The lowest BCUT2D eigenvalue weighted by atomic mass is 9.96. The maximum Gasteiger partial charge on any atom is 0.243 e. The van der Waals surface area contributed by atoms with Gasteiger partial charge in [0.25, 0.3) is 0 Å². The lowest BCUT2D eigenvalue weighted by Gasteiger charge is -2.30. The van der Waals surface area contributed by atoms with Crippen LogP contribution >= 0.6 is 11.6 Å². The minimum atomic E-state index is -3.40. The molecule has 0 aromatic heterocycles. The molecule has 0 N–H and O–H groups in total. The lowest BCUT2D eigenvalue weighted by molar-refractivity contribution is 0.286. The molecule has 2 rings (SSSR count). The first-order valence-electron chi connectivity index (χ1n) is 6.67. The third kappa shape index (κ3) is 3.12. The standard InChI is InChI=1S/C14H20ClNO2S/c1-11-10-13(8-9-14(11)15)19(17,18)16(2)12-6-4-3-5-7-12/h8-10,12H,3-7H2,1-2H3. The molecule has 0 amide bonds. The summed E-state index contributed by atoms with van der Waals surface area (Å²) >= 11 is 5.95. The van der Waals surface area contributed by atoms with Crippen LogP contribution in [-0.2, 0) is 10.0 Å². The third-order valence-corrected chi connectivity index (χ3v) is 6.23. The van der Waals surface area contributed by atoms with E-state index in [1.165, 1.54) is 10.7 Å². The Labute approximate surface area is 120 Å². The molecule has 5 heteroatoms. The van der Waals surface area contributed by atoms with Crippen molar-refractivity contribution in [1.82, 2.24) is 4.31 Å². The first-order chi connectivity index (χ1) is 8.93. The number of sulfonamides is 1. The van der Waals surface area contributed by atoms with Gasteiger partial charge in [0.15, 0.2) is 0 Å². The largest absolute Gasteiger partial charge is 0.243 e. The van der Waals surface area contributed by atoms with Crippen LogP contribution in [0, 0.1) is 6.92 Å². The molecule has 0 aliphatic heterocycles. The van der Waals surface area contributed by atoms with E-state index in [4.69, 9.17) is 11.6 Å². The molecule has 1 saturated carbocycles. The summed E-state index contributed by atoms with van der Waals surface area (Å²) in [7, 11) is -1.71. The fraction of sp³-hybridized carbons (Fsp3) is 0.571. The van der Waals surface area contributed by atoms with Gasteiger partial charge in [0.1, 0.15) is 0 Å². The van der Waals surface area contributed by atoms with Gasteiger partial charge in [-0.05, 0) is 43.5 Å². The molecule has 0 unspecified atom stereocenters. The van der Waals surface area contributed by atoms with E-state index in [-0.39, 0.29) is 6.04 Å². The van der Waals surface area contributed by atoms with Gasteiger partial charge in [0.05, 0.1) is 4.90 Å². The molecule has 0 radical (unpaired) electrons. The average Bonchev–Trinajstić information content (AvgIpc) is 2.41. The van der Waals surface area contributed by atoms with Crippen molar-refractivity contribution >= 4 is 21.6 Å². The van der Waals surface area contributed by atoms with Crippen molar-refractivity contribution in [2.24, 2.45) is 0 Å². The van der Waals surface area contributed by atoms with Gasteiger partial charge in [-0.15, -0.1) is 0 Å². The number of nitrogens with zero attached hydrogens (tertiary/aromatic N) is 1. The van der Waals surface area contributed by atoms with Crippen LogP contribution in [0.4, 0.5) is 0 Å². The van der Waals surface area contributed by atoms with E-state index in [1.54, 1.807) is 25.2 Å². The van der Waals surface area contributed by atoms with Gasteiger partial charge in [0.2, 0.25) is 10.0 Å². The highest BCUT2D eigenvalue weighted by Gasteiger charge is 2.29. The van der Waals surface area contributed by atoms with Crippen LogP contribution in [0.2, 0.25) is 5.02 Å². The predicted octanol–water partition coefficient (Wildman–Crippen LogP) is 3.60. The quantitative estimate of drug-likeness (QED) is 0.855. The molecular weight excluding hydrogens is 282 g/mol. The summed E-state index contributed by atoms with van der Waals surface area (Å²) < 4.78 is 26.7. The molecule has 0 spiro atoms. The zero-order valence-electron chi connectivity index (χ0n) is 11.4. The lowest BCUT2D eigenvalue weighted by Crippen LogP contribution is -2.38. The van der Waals surface area contributed by atoms with Gasteiger partial charge in [-0.2, -0.15) is 4.31 Å². The van der Waals surface area contributed by atoms with Crippen LogP contribution in [0.15, 0.2) is 23.1 Å².